The molecule has 2 aromatic rings. The van der Waals surface area contributed by atoms with Crippen LogP contribution < -0.4 is 16.2 Å². The number of hydrogen-bond donors (Lipinski definition) is 2. The largest absolute Gasteiger partial charge is 0.480 e. The average Bonchev–Trinajstić information content (AvgIpc) is 2.82. The van der Waals surface area contributed by atoms with Gasteiger partial charge in [0.15, 0.2) is 6.10 Å². The molecule has 1 atom stereocenters. The molecule has 1 heterocycles. The van der Waals surface area contributed by atoms with Gasteiger partial charge >= 0.3 is 0 Å². The highest BCUT2D eigenvalue weighted by Crippen LogP contribution is 2.25. The van der Waals surface area contributed by atoms with E-state index in [2.05, 4.69) is 0 Å². The molecule has 4 N–H and O–H groups in total. The Kier molecular flexibility index (Phi) is 3.87. The summed E-state index contributed by atoms with van der Waals surface area (Å²) in [6.45, 7) is 2.08. The zero-order chi connectivity index (χ0) is 13.8. The van der Waals surface area contributed by atoms with E-state index in [0.29, 0.717) is 17.1 Å². The first-order valence-corrected chi connectivity index (χ1v) is 5.93. The second-order valence-electron chi connectivity index (χ2n) is 4.15. The highest BCUT2D eigenvalue weighted by atomic mass is 16.5. The highest BCUT2D eigenvalue weighted by molar-refractivity contribution is 5.95. The minimum Gasteiger partial charge on any atom is -0.480 e. The van der Waals surface area contributed by atoms with Gasteiger partial charge in [-0.05, 0) is 31.2 Å². The number of benzene rings is 1. The molecule has 0 aliphatic heterocycles. The Balaban J connectivity index is 2.26. The Labute approximate surface area is 111 Å². The molecule has 0 radical (unpaired) electrons. The van der Waals surface area contributed by atoms with E-state index >= 15 is 0 Å². The summed E-state index contributed by atoms with van der Waals surface area (Å²) in [7, 11) is 0. The van der Waals surface area contributed by atoms with E-state index in [1.165, 1.54) is 0 Å². The SMILES string of the molecule is Cc1ccc(C(CN)Oc2ccccc2C(N)=O)o1. The molecule has 1 unspecified atom stereocenters. The maximum absolute atomic E-state index is 11.3. The van der Waals surface area contributed by atoms with Gasteiger partial charge in [-0.1, -0.05) is 12.1 Å². The van der Waals surface area contributed by atoms with E-state index in [0.717, 1.165) is 5.76 Å². The Bertz CT molecular complexity index is 578. The Hall–Kier alpha value is -2.27. The van der Waals surface area contributed by atoms with Gasteiger partial charge in [0.05, 0.1) is 5.56 Å². The van der Waals surface area contributed by atoms with Crippen LogP contribution in [0.2, 0.25) is 0 Å². The zero-order valence-corrected chi connectivity index (χ0v) is 10.6. The third kappa shape index (κ3) is 2.95. The van der Waals surface area contributed by atoms with Gasteiger partial charge in [0.1, 0.15) is 17.3 Å². The maximum atomic E-state index is 11.3. The molecule has 5 nitrogen and oxygen atoms in total. The number of rotatable bonds is 5. The van der Waals surface area contributed by atoms with Gasteiger partial charge in [-0.15, -0.1) is 0 Å². The molecule has 0 spiro atoms. The number of carbonyl (C=O) groups is 1. The van der Waals surface area contributed by atoms with Crippen molar-refractivity contribution in [3.63, 3.8) is 0 Å². The van der Waals surface area contributed by atoms with Crippen LogP contribution in [0.15, 0.2) is 40.8 Å². The molecular weight excluding hydrogens is 244 g/mol. The summed E-state index contributed by atoms with van der Waals surface area (Å²) in [6.07, 6.45) is -0.450. The first-order chi connectivity index (χ1) is 9.11. The van der Waals surface area contributed by atoms with Crippen molar-refractivity contribution in [3.8, 4) is 5.75 Å². The van der Waals surface area contributed by atoms with E-state index in [1.807, 2.05) is 13.0 Å². The number of nitrogens with two attached hydrogens (primary N) is 2. The van der Waals surface area contributed by atoms with Gasteiger partial charge in [0.25, 0.3) is 5.91 Å². The van der Waals surface area contributed by atoms with Crippen LogP contribution in [0.3, 0.4) is 0 Å². The molecular formula is C14H16N2O3. The molecule has 1 aromatic heterocycles. The van der Waals surface area contributed by atoms with E-state index in [4.69, 9.17) is 20.6 Å². The van der Waals surface area contributed by atoms with E-state index in [1.54, 1.807) is 30.3 Å². The first-order valence-electron chi connectivity index (χ1n) is 5.93. The number of aryl methyl sites for hydroxylation is 1. The van der Waals surface area contributed by atoms with Crippen molar-refractivity contribution in [2.45, 2.75) is 13.0 Å². The van der Waals surface area contributed by atoms with E-state index in [9.17, 15) is 4.79 Å². The fourth-order valence-corrected chi connectivity index (χ4v) is 1.78. The Morgan fingerprint density at radius 1 is 1.32 bits per heavy atom. The molecule has 2 rings (SSSR count). The molecule has 1 aromatic carbocycles. The fourth-order valence-electron chi connectivity index (χ4n) is 1.78. The summed E-state index contributed by atoms with van der Waals surface area (Å²) in [5, 5.41) is 0. The van der Waals surface area contributed by atoms with Gasteiger partial charge in [0, 0.05) is 6.54 Å². The maximum Gasteiger partial charge on any atom is 0.252 e. The van der Waals surface area contributed by atoms with E-state index in [-0.39, 0.29) is 6.54 Å². The lowest BCUT2D eigenvalue weighted by Gasteiger charge is -2.17. The molecule has 0 saturated heterocycles. The summed E-state index contributed by atoms with van der Waals surface area (Å²) in [4.78, 5) is 11.3. The summed E-state index contributed by atoms with van der Waals surface area (Å²) >= 11 is 0. The van der Waals surface area contributed by atoms with Crippen LogP contribution in [-0.4, -0.2) is 12.5 Å². The summed E-state index contributed by atoms with van der Waals surface area (Å²) in [6, 6.07) is 10.4. The summed E-state index contributed by atoms with van der Waals surface area (Å²) < 4.78 is 11.2. The predicted molar refractivity (Wildman–Crippen MR) is 70.8 cm³/mol. The molecule has 0 aliphatic rings. The second-order valence-corrected chi connectivity index (χ2v) is 4.15. The molecule has 5 heteroatoms. The van der Waals surface area contributed by atoms with Crippen molar-refractivity contribution < 1.29 is 13.9 Å². The standard InChI is InChI=1S/C14H16N2O3/c1-9-6-7-12(18-9)13(8-15)19-11-5-3-2-4-10(11)14(16)17/h2-7,13H,8,15H2,1H3,(H2,16,17). The van der Waals surface area contributed by atoms with Gasteiger partial charge in [-0.2, -0.15) is 0 Å². The lowest BCUT2D eigenvalue weighted by Crippen LogP contribution is -2.20. The van der Waals surface area contributed by atoms with Crippen molar-refractivity contribution in [1.29, 1.82) is 0 Å². The molecule has 0 saturated carbocycles. The van der Waals surface area contributed by atoms with Crippen molar-refractivity contribution in [3.05, 3.63) is 53.5 Å². The van der Waals surface area contributed by atoms with Crippen molar-refractivity contribution in [2.75, 3.05) is 6.54 Å². The minimum absolute atomic E-state index is 0.236. The highest BCUT2D eigenvalue weighted by Gasteiger charge is 2.18. The third-order valence-corrected chi connectivity index (χ3v) is 2.71. The van der Waals surface area contributed by atoms with Crippen LogP contribution >= 0.6 is 0 Å². The average molecular weight is 260 g/mol. The van der Waals surface area contributed by atoms with Gasteiger partial charge in [-0.25, -0.2) is 0 Å². The van der Waals surface area contributed by atoms with Gasteiger partial charge < -0.3 is 20.6 Å². The predicted octanol–water partition coefficient (Wildman–Crippen LogP) is 1.77. The van der Waals surface area contributed by atoms with Crippen molar-refractivity contribution in [2.24, 2.45) is 11.5 Å². The fraction of sp³-hybridized carbons (Fsp3) is 0.214. The molecule has 100 valence electrons. The van der Waals surface area contributed by atoms with Crippen LogP contribution in [0, 0.1) is 6.92 Å². The Morgan fingerprint density at radius 2 is 2.05 bits per heavy atom. The molecule has 0 fully saturated rings. The van der Waals surface area contributed by atoms with Crippen molar-refractivity contribution >= 4 is 5.91 Å². The minimum atomic E-state index is -0.540. The first kappa shape index (κ1) is 13.2. The van der Waals surface area contributed by atoms with Crippen LogP contribution in [0.1, 0.15) is 28.0 Å². The number of primary amides is 1. The summed E-state index contributed by atoms with van der Waals surface area (Å²) in [5.41, 5.74) is 11.3. The van der Waals surface area contributed by atoms with Crippen molar-refractivity contribution in [1.82, 2.24) is 0 Å². The molecule has 0 aliphatic carbocycles. The number of furan rings is 1. The third-order valence-electron chi connectivity index (χ3n) is 2.71. The van der Waals surface area contributed by atoms with Crippen LogP contribution in [0.25, 0.3) is 0 Å². The number of para-hydroxylation sites is 1. The topological polar surface area (TPSA) is 91.5 Å². The van der Waals surface area contributed by atoms with Crippen LogP contribution in [-0.2, 0) is 0 Å². The monoisotopic (exact) mass is 260 g/mol. The zero-order valence-electron chi connectivity index (χ0n) is 10.6. The molecule has 1 amide bonds. The number of ether oxygens (including phenoxy) is 1. The normalized spacial score (nSPS) is 12.1. The molecule has 0 bridgehead atoms. The lowest BCUT2D eigenvalue weighted by atomic mass is 10.2. The van der Waals surface area contributed by atoms with E-state index < -0.39 is 12.0 Å². The van der Waals surface area contributed by atoms with Gasteiger partial charge in [-0.3, -0.25) is 4.79 Å². The van der Waals surface area contributed by atoms with Gasteiger partial charge in [0.2, 0.25) is 0 Å². The smallest absolute Gasteiger partial charge is 0.252 e. The van der Waals surface area contributed by atoms with Crippen LogP contribution in [0.5, 0.6) is 5.75 Å². The number of hydrogen-bond acceptors (Lipinski definition) is 4. The Morgan fingerprint density at radius 3 is 2.63 bits per heavy atom. The summed E-state index contributed by atoms with van der Waals surface area (Å²) in [5.74, 6) is 1.26. The lowest BCUT2D eigenvalue weighted by molar-refractivity contribution is 0.0991. The van der Waals surface area contributed by atoms with Crippen LogP contribution in [0.4, 0.5) is 0 Å². The number of amides is 1. The number of carbonyl (C=O) groups excluding carboxylic acids is 1. The molecule has 19 heavy (non-hydrogen) atoms. The second kappa shape index (κ2) is 5.58. The quantitative estimate of drug-likeness (QED) is 0.857.